The molecule has 1 aliphatic carbocycles. The number of aromatic nitrogens is 2. The molecule has 0 atom stereocenters. The predicted molar refractivity (Wildman–Crippen MR) is 62.3 cm³/mol. The van der Waals surface area contributed by atoms with Crippen LogP contribution in [0.25, 0.3) is 0 Å². The van der Waals surface area contributed by atoms with Crippen LogP contribution in [0.15, 0.2) is 5.16 Å². The van der Waals surface area contributed by atoms with Gasteiger partial charge in [0.1, 0.15) is 0 Å². The summed E-state index contributed by atoms with van der Waals surface area (Å²) in [6.45, 7) is 0. The highest BCUT2D eigenvalue weighted by Crippen LogP contribution is 2.29. The van der Waals surface area contributed by atoms with Crippen molar-refractivity contribution in [2.75, 3.05) is 11.6 Å². The second-order valence-corrected chi connectivity index (χ2v) is 5.16. The van der Waals surface area contributed by atoms with Crippen LogP contribution in [0.4, 0.5) is 5.13 Å². The molecule has 1 fully saturated rings. The molecule has 0 radical (unpaired) electrons. The average Bonchev–Trinajstić information content (AvgIpc) is 2.59. The fraction of sp³-hybridized carbons (Fsp3) is 0.667. The van der Waals surface area contributed by atoms with Crippen molar-refractivity contribution in [2.24, 2.45) is 5.92 Å². The third-order valence-corrected chi connectivity index (χ3v) is 3.83. The van der Waals surface area contributed by atoms with Crippen LogP contribution in [-0.4, -0.2) is 21.5 Å². The fourth-order valence-electron chi connectivity index (χ4n) is 1.47. The first-order valence-electron chi connectivity index (χ1n) is 4.95. The monoisotopic (exact) mass is 243 g/mol. The van der Waals surface area contributed by atoms with Crippen LogP contribution < -0.4 is 5.32 Å². The maximum absolute atomic E-state index is 11.5. The predicted octanol–water partition coefficient (Wildman–Crippen LogP) is 2.39. The maximum atomic E-state index is 11.5. The molecule has 0 unspecified atom stereocenters. The molecule has 6 heteroatoms. The molecular weight excluding hydrogens is 230 g/mol. The van der Waals surface area contributed by atoms with E-state index in [0.29, 0.717) is 17.5 Å². The van der Waals surface area contributed by atoms with E-state index in [0.717, 1.165) is 5.16 Å². The highest BCUT2D eigenvalue weighted by Gasteiger charge is 2.21. The molecule has 4 nitrogen and oxygen atoms in total. The molecule has 1 saturated carbocycles. The van der Waals surface area contributed by atoms with Crippen molar-refractivity contribution in [3.8, 4) is 0 Å². The lowest BCUT2D eigenvalue weighted by Crippen LogP contribution is -2.20. The molecule has 82 valence electrons. The van der Waals surface area contributed by atoms with Crippen molar-refractivity contribution < 1.29 is 4.79 Å². The lowest BCUT2D eigenvalue weighted by atomic mass is 9.83. The standard InChI is InChI=1S/C9H13N3OS2/c1-14-9-11-8(15-12-9)10-7(13)5-6-3-2-4-6/h6H,2-5H2,1H3,(H,10,11,12,13). The van der Waals surface area contributed by atoms with Gasteiger partial charge in [-0.25, -0.2) is 0 Å². The summed E-state index contributed by atoms with van der Waals surface area (Å²) < 4.78 is 4.08. The van der Waals surface area contributed by atoms with E-state index in [4.69, 9.17) is 0 Å². The molecule has 0 saturated heterocycles. The highest BCUT2D eigenvalue weighted by atomic mass is 32.2. The molecule has 1 heterocycles. The summed E-state index contributed by atoms with van der Waals surface area (Å²) in [7, 11) is 0. The first-order chi connectivity index (χ1) is 7.28. The Hall–Kier alpha value is -0.620. The number of carbonyl (C=O) groups is 1. The first kappa shape index (κ1) is 10.9. The van der Waals surface area contributed by atoms with Gasteiger partial charge in [0.15, 0.2) is 0 Å². The zero-order valence-corrected chi connectivity index (χ0v) is 10.2. The van der Waals surface area contributed by atoms with E-state index in [1.807, 2.05) is 6.26 Å². The maximum Gasteiger partial charge on any atom is 0.226 e. The van der Waals surface area contributed by atoms with Gasteiger partial charge in [-0.15, -0.1) is 0 Å². The van der Waals surface area contributed by atoms with Gasteiger partial charge in [0.05, 0.1) is 0 Å². The number of anilines is 1. The van der Waals surface area contributed by atoms with Gasteiger partial charge in [-0.2, -0.15) is 9.36 Å². The largest absolute Gasteiger partial charge is 0.301 e. The normalized spacial score (nSPS) is 16.1. The van der Waals surface area contributed by atoms with E-state index in [2.05, 4.69) is 14.7 Å². The Balaban J connectivity index is 1.82. The van der Waals surface area contributed by atoms with Crippen molar-refractivity contribution in [2.45, 2.75) is 30.8 Å². The topological polar surface area (TPSA) is 54.9 Å². The Morgan fingerprint density at radius 3 is 3.00 bits per heavy atom. The Kier molecular flexibility index (Phi) is 3.58. The molecule has 0 spiro atoms. The molecular formula is C9H13N3OS2. The number of hydrogen-bond acceptors (Lipinski definition) is 5. The molecule has 0 aliphatic heterocycles. The van der Waals surface area contributed by atoms with E-state index in [1.54, 1.807) is 0 Å². The Labute approximate surface area is 97.0 Å². The minimum atomic E-state index is 0.0727. The fourth-order valence-corrected chi connectivity index (χ4v) is 2.62. The zero-order valence-electron chi connectivity index (χ0n) is 8.52. The third-order valence-electron chi connectivity index (χ3n) is 2.54. The van der Waals surface area contributed by atoms with Crippen molar-refractivity contribution >= 4 is 34.3 Å². The number of nitrogens with zero attached hydrogens (tertiary/aromatic N) is 2. The van der Waals surface area contributed by atoms with E-state index in [1.165, 1.54) is 42.6 Å². The van der Waals surface area contributed by atoms with Crippen LogP contribution >= 0.6 is 23.3 Å². The summed E-state index contributed by atoms with van der Waals surface area (Å²) >= 11 is 2.72. The van der Waals surface area contributed by atoms with Gasteiger partial charge in [0.25, 0.3) is 0 Å². The average molecular weight is 243 g/mol. The summed E-state index contributed by atoms with van der Waals surface area (Å²) in [6, 6.07) is 0. The summed E-state index contributed by atoms with van der Waals surface area (Å²) in [6.07, 6.45) is 6.21. The van der Waals surface area contributed by atoms with Crippen molar-refractivity contribution in [3.05, 3.63) is 0 Å². The van der Waals surface area contributed by atoms with E-state index < -0.39 is 0 Å². The Bertz CT molecular complexity index is 349. The Morgan fingerprint density at radius 1 is 1.67 bits per heavy atom. The zero-order chi connectivity index (χ0) is 10.7. The number of thioether (sulfide) groups is 1. The van der Waals surface area contributed by atoms with Crippen LogP contribution in [0, 0.1) is 5.92 Å². The van der Waals surface area contributed by atoms with Gasteiger partial charge >= 0.3 is 0 Å². The van der Waals surface area contributed by atoms with Gasteiger partial charge in [-0.05, 0) is 25.0 Å². The molecule has 15 heavy (non-hydrogen) atoms. The van der Waals surface area contributed by atoms with Crippen LogP contribution in [0.1, 0.15) is 25.7 Å². The summed E-state index contributed by atoms with van der Waals surface area (Å²) in [5.74, 6) is 0.668. The molecule has 1 aromatic rings. The number of rotatable bonds is 4. The summed E-state index contributed by atoms with van der Waals surface area (Å²) in [4.78, 5) is 15.7. The number of nitrogens with one attached hydrogen (secondary N) is 1. The van der Waals surface area contributed by atoms with Crippen LogP contribution in [0.5, 0.6) is 0 Å². The number of hydrogen-bond donors (Lipinski definition) is 1. The molecule has 0 bridgehead atoms. The van der Waals surface area contributed by atoms with Crippen LogP contribution in [0.3, 0.4) is 0 Å². The summed E-state index contributed by atoms with van der Waals surface area (Å²) in [5, 5.41) is 4.12. The molecule has 2 rings (SSSR count). The van der Waals surface area contributed by atoms with Crippen molar-refractivity contribution in [3.63, 3.8) is 0 Å². The van der Waals surface area contributed by atoms with E-state index in [-0.39, 0.29) is 5.91 Å². The lowest BCUT2D eigenvalue weighted by molar-refractivity contribution is -0.117. The molecule has 0 aromatic carbocycles. The first-order valence-corrected chi connectivity index (χ1v) is 6.95. The van der Waals surface area contributed by atoms with Gasteiger partial charge < -0.3 is 5.32 Å². The van der Waals surface area contributed by atoms with Crippen molar-refractivity contribution in [1.82, 2.24) is 9.36 Å². The Morgan fingerprint density at radius 2 is 2.47 bits per heavy atom. The number of carbonyl (C=O) groups excluding carboxylic acids is 1. The van der Waals surface area contributed by atoms with Gasteiger partial charge in [0, 0.05) is 18.0 Å². The quantitative estimate of drug-likeness (QED) is 0.825. The minimum absolute atomic E-state index is 0.0727. The van der Waals surface area contributed by atoms with E-state index >= 15 is 0 Å². The summed E-state index contributed by atoms with van der Waals surface area (Å²) in [5.41, 5.74) is 0. The van der Waals surface area contributed by atoms with Gasteiger partial charge in [-0.1, -0.05) is 18.2 Å². The molecule has 1 amide bonds. The second-order valence-electron chi connectivity index (χ2n) is 3.64. The van der Waals surface area contributed by atoms with E-state index in [9.17, 15) is 4.79 Å². The molecule has 1 N–H and O–H groups in total. The molecule has 1 aliphatic rings. The molecule has 1 aromatic heterocycles. The SMILES string of the molecule is CSc1nsc(NC(=O)CC2CCC2)n1. The number of amides is 1. The third kappa shape index (κ3) is 2.92. The van der Waals surface area contributed by atoms with Gasteiger partial charge in [0.2, 0.25) is 16.2 Å². The second kappa shape index (κ2) is 4.94. The van der Waals surface area contributed by atoms with Crippen LogP contribution in [-0.2, 0) is 4.79 Å². The highest BCUT2D eigenvalue weighted by molar-refractivity contribution is 7.98. The van der Waals surface area contributed by atoms with Crippen LogP contribution in [0.2, 0.25) is 0 Å². The van der Waals surface area contributed by atoms with Gasteiger partial charge in [-0.3, -0.25) is 4.79 Å². The smallest absolute Gasteiger partial charge is 0.226 e. The lowest BCUT2D eigenvalue weighted by Gasteiger charge is -2.24. The van der Waals surface area contributed by atoms with Crippen molar-refractivity contribution in [1.29, 1.82) is 0 Å². The minimum Gasteiger partial charge on any atom is -0.301 e.